The van der Waals surface area contributed by atoms with E-state index in [4.69, 9.17) is 21.1 Å². The van der Waals surface area contributed by atoms with Gasteiger partial charge in [-0.15, -0.1) is 0 Å². The fourth-order valence-electron chi connectivity index (χ4n) is 3.83. The number of urea groups is 1. The number of carbonyl (C=O) groups is 2. The van der Waals surface area contributed by atoms with Crippen molar-refractivity contribution in [3.8, 4) is 16.9 Å². The van der Waals surface area contributed by atoms with Gasteiger partial charge >= 0.3 is 6.03 Å². The number of nitrogens with one attached hydrogen (secondary N) is 1. The third-order valence-electron chi connectivity index (χ3n) is 5.55. The highest BCUT2D eigenvalue weighted by molar-refractivity contribution is 6.30. The molecule has 0 aliphatic carbocycles. The van der Waals surface area contributed by atoms with Crippen LogP contribution in [0.15, 0.2) is 83.6 Å². The zero-order valence-electron chi connectivity index (χ0n) is 17.2. The second-order valence-corrected chi connectivity index (χ2v) is 8.15. The summed E-state index contributed by atoms with van der Waals surface area (Å²) in [4.78, 5) is 27.2. The lowest BCUT2D eigenvalue weighted by Crippen LogP contribution is -2.40. The van der Waals surface area contributed by atoms with Crippen LogP contribution in [0, 0.1) is 0 Å². The zero-order valence-corrected chi connectivity index (χ0v) is 17.9. The van der Waals surface area contributed by atoms with Crippen molar-refractivity contribution >= 4 is 23.5 Å². The SMILES string of the molecule is CC1(c2ccco2)NC(=O)N(Cc2cn(-c3ccccc3)nc2-c2ccc(Cl)cc2)C1=O. The first-order chi connectivity index (χ1) is 15.5. The van der Waals surface area contributed by atoms with Gasteiger partial charge in [0.05, 0.1) is 24.2 Å². The normalized spacial score (nSPS) is 18.2. The van der Waals surface area contributed by atoms with Crippen molar-refractivity contribution in [3.05, 3.63) is 95.5 Å². The monoisotopic (exact) mass is 446 g/mol. The van der Waals surface area contributed by atoms with Gasteiger partial charge in [0.1, 0.15) is 5.76 Å². The fraction of sp³-hybridized carbons (Fsp3) is 0.125. The van der Waals surface area contributed by atoms with E-state index in [1.165, 1.54) is 11.2 Å². The lowest BCUT2D eigenvalue weighted by atomic mass is 9.99. The molecule has 32 heavy (non-hydrogen) atoms. The molecule has 0 spiro atoms. The van der Waals surface area contributed by atoms with Crippen LogP contribution in [0.5, 0.6) is 0 Å². The number of rotatable bonds is 5. The molecule has 1 unspecified atom stereocenters. The molecule has 0 saturated carbocycles. The predicted octanol–water partition coefficient (Wildman–Crippen LogP) is 4.75. The molecule has 0 radical (unpaired) electrons. The van der Waals surface area contributed by atoms with Crippen molar-refractivity contribution in [2.75, 3.05) is 0 Å². The summed E-state index contributed by atoms with van der Waals surface area (Å²) in [6.45, 7) is 1.70. The van der Waals surface area contributed by atoms with E-state index in [2.05, 4.69) is 5.32 Å². The van der Waals surface area contributed by atoms with Crippen LogP contribution in [0.4, 0.5) is 4.79 Å². The Hall–Kier alpha value is -3.84. The summed E-state index contributed by atoms with van der Waals surface area (Å²) < 4.78 is 7.15. The van der Waals surface area contributed by atoms with Gasteiger partial charge in [0, 0.05) is 22.3 Å². The van der Waals surface area contributed by atoms with Gasteiger partial charge in [0.15, 0.2) is 5.54 Å². The number of nitrogens with zero attached hydrogens (tertiary/aromatic N) is 3. The molecule has 8 heteroatoms. The molecule has 1 aliphatic rings. The minimum Gasteiger partial charge on any atom is -0.466 e. The van der Waals surface area contributed by atoms with E-state index in [1.54, 1.807) is 35.9 Å². The Balaban J connectivity index is 1.54. The molecular formula is C24H19ClN4O3. The molecule has 1 saturated heterocycles. The van der Waals surface area contributed by atoms with Crippen molar-refractivity contribution in [2.24, 2.45) is 0 Å². The molecule has 160 valence electrons. The maximum Gasteiger partial charge on any atom is 0.325 e. The van der Waals surface area contributed by atoms with E-state index >= 15 is 0 Å². The van der Waals surface area contributed by atoms with Crippen molar-refractivity contribution in [2.45, 2.75) is 19.0 Å². The van der Waals surface area contributed by atoms with E-state index in [0.717, 1.165) is 16.8 Å². The highest BCUT2D eigenvalue weighted by Crippen LogP contribution is 2.32. The smallest absolute Gasteiger partial charge is 0.325 e. The average Bonchev–Trinajstić information content (AvgIpc) is 3.52. The van der Waals surface area contributed by atoms with E-state index in [1.807, 2.05) is 48.7 Å². The van der Waals surface area contributed by atoms with Crippen molar-refractivity contribution in [1.29, 1.82) is 0 Å². The van der Waals surface area contributed by atoms with E-state index in [-0.39, 0.29) is 12.5 Å². The summed E-state index contributed by atoms with van der Waals surface area (Å²) in [5.41, 5.74) is 1.84. The molecule has 5 rings (SSSR count). The minimum absolute atomic E-state index is 0.0613. The van der Waals surface area contributed by atoms with E-state index in [0.29, 0.717) is 16.5 Å². The third kappa shape index (κ3) is 3.36. The van der Waals surface area contributed by atoms with E-state index < -0.39 is 11.6 Å². The quantitative estimate of drug-likeness (QED) is 0.448. The number of imide groups is 1. The van der Waals surface area contributed by atoms with Crippen molar-refractivity contribution in [1.82, 2.24) is 20.0 Å². The number of hydrogen-bond donors (Lipinski definition) is 1. The zero-order chi connectivity index (χ0) is 22.3. The summed E-state index contributed by atoms with van der Waals surface area (Å²) >= 11 is 6.06. The Morgan fingerprint density at radius 3 is 2.47 bits per heavy atom. The van der Waals surface area contributed by atoms with Crippen LogP contribution in [-0.4, -0.2) is 26.6 Å². The lowest BCUT2D eigenvalue weighted by molar-refractivity contribution is -0.132. The number of benzene rings is 2. The van der Waals surface area contributed by atoms with Crippen LogP contribution in [0.3, 0.4) is 0 Å². The number of amides is 3. The highest BCUT2D eigenvalue weighted by atomic mass is 35.5. The summed E-state index contributed by atoms with van der Waals surface area (Å²) in [5.74, 6) is 0.00298. The molecule has 2 aromatic heterocycles. The molecule has 1 atom stereocenters. The standard InChI is InChI=1S/C24H19ClN4O3/c1-24(20-8-5-13-32-20)22(30)28(23(31)26-24)14-17-15-29(19-6-3-2-4-7-19)27-21(17)16-9-11-18(25)12-10-16/h2-13,15H,14H2,1H3,(H,26,31). The average molecular weight is 447 g/mol. The van der Waals surface area contributed by atoms with Gasteiger partial charge < -0.3 is 9.73 Å². The molecule has 4 aromatic rings. The topological polar surface area (TPSA) is 80.4 Å². The first-order valence-corrected chi connectivity index (χ1v) is 10.4. The Morgan fingerprint density at radius 1 is 1.03 bits per heavy atom. The molecule has 1 aliphatic heterocycles. The Bertz CT molecular complexity index is 1280. The van der Waals surface area contributed by atoms with Gasteiger partial charge in [-0.05, 0) is 43.3 Å². The van der Waals surface area contributed by atoms with Gasteiger partial charge in [-0.2, -0.15) is 5.10 Å². The molecule has 3 amide bonds. The fourth-order valence-corrected chi connectivity index (χ4v) is 3.96. The van der Waals surface area contributed by atoms with Crippen molar-refractivity contribution in [3.63, 3.8) is 0 Å². The highest BCUT2D eigenvalue weighted by Gasteiger charge is 2.51. The van der Waals surface area contributed by atoms with Gasteiger partial charge in [0.2, 0.25) is 0 Å². The number of hydrogen-bond acceptors (Lipinski definition) is 4. The van der Waals surface area contributed by atoms with Crippen LogP contribution >= 0.6 is 11.6 Å². The summed E-state index contributed by atoms with van der Waals surface area (Å²) in [6, 6.07) is 19.8. The number of carbonyl (C=O) groups excluding carboxylic acids is 2. The molecular weight excluding hydrogens is 428 g/mol. The maximum absolute atomic E-state index is 13.2. The second-order valence-electron chi connectivity index (χ2n) is 7.71. The lowest BCUT2D eigenvalue weighted by Gasteiger charge is -2.19. The summed E-state index contributed by atoms with van der Waals surface area (Å²) in [5, 5.41) is 8.11. The maximum atomic E-state index is 13.2. The number of furan rings is 1. The summed E-state index contributed by atoms with van der Waals surface area (Å²) in [7, 11) is 0. The molecule has 0 bridgehead atoms. The summed E-state index contributed by atoms with van der Waals surface area (Å²) in [6.07, 6.45) is 3.31. The molecule has 1 fully saturated rings. The minimum atomic E-state index is -1.25. The Kier molecular flexibility index (Phi) is 4.83. The Morgan fingerprint density at radius 2 is 1.78 bits per heavy atom. The third-order valence-corrected chi connectivity index (χ3v) is 5.80. The van der Waals surface area contributed by atoms with Gasteiger partial charge in [-0.25, -0.2) is 9.48 Å². The molecule has 2 aromatic carbocycles. The number of aromatic nitrogens is 2. The second kappa shape index (κ2) is 7.69. The van der Waals surface area contributed by atoms with Crippen LogP contribution in [0.2, 0.25) is 5.02 Å². The van der Waals surface area contributed by atoms with Crippen LogP contribution < -0.4 is 5.32 Å². The number of para-hydroxylation sites is 1. The van der Waals surface area contributed by atoms with E-state index in [9.17, 15) is 9.59 Å². The molecule has 7 nitrogen and oxygen atoms in total. The van der Waals surface area contributed by atoms with Crippen molar-refractivity contribution < 1.29 is 14.0 Å². The first-order valence-electron chi connectivity index (χ1n) is 10.0. The van der Waals surface area contributed by atoms with Crippen LogP contribution in [0.25, 0.3) is 16.9 Å². The molecule has 3 heterocycles. The molecule has 1 N–H and O–H groups in total. The van der Waals surface area contributed by atoms with Crippen LogP contribution in [0.1, 0.15) is 18.2 Å². The van der Waals surface area contributed by atoms with Gasteiger partial charge in [-0.3, -0.25) is 9.69 Å². The van der Waals surface area contributed by atoms with Crippen LogP contribution in [-0.2, 0) is 16.9 Å². The number of halogens is 1. The Labute approximate surface area is 189 Å². The largest absolute Gasteiger partial charge is 0.466 e. The first kappa shape index (κ1) is 20.1. The van der Waals surface area contributed by atoms with Gasteiger partial charge in [-0.1, -0.05) is 41.9 Å². The predicted molar refractivity (Wildman–Crippen MR) is 119 cm³/mol. The van der Waals surface area contributed by atoms with Gasteiger partial charge in [0.25, 0.3) is 5.91 Å².